The highest BCUT2D eigenvalue weighted by molar-refractivity contribution is 6.05. The zero-order chi connectivity index (χ0) is 18.6. The molecule has 1 fully saturated rings. The third-order valence-corrected chi connectivity index (χ3v) is 4.71. The highest BCUT2D eigenvalue weighted by atomic mass is 16.2. The van der Waals surface area contributed by atoms with Crippen molar-refractivity contribution in [2.24, 2.45) is 5.92 Å². The van der Waals surface area contributed by atoms with E-state index in [-0.39, 0.29) is 24.3 Å². The summed E-state index contributed by atoms with van der Waals surface area (Å²) in [6, 6.07) is 6.83. The molecule has 0 radical (unpaired) electrons. The van der Waals surface area contributed by atoms with Crippen molar-refractivity contribution in [1.82, 2.24) is 16.0 Å². The van der Waals surface area contributed by atoms with E-state index in [0.717, 1.165) is 12.0 Å². The van der Waals surface area contributed by atoms with Gasteiger partial charge in [0.05, 0.1) is 12.5 Å². The van der Waals surface area contributed by atoms with Crippen molar-refractivity contribution < 1.29 is 14.4 Å². The van der Waals surface area contributed by atoms with Crippen LogP contribution in [0.15, 0.2) is 24.3 Å². The summed E-state index contributed by atoms with van der Waals surface area (Å²) >= 11 is 0. The molecule has 0 aromatic heterocycles. The third-order valence-electron chi connectivity index (χ3n) is 4.71. The summed E-state index contributed by atoms with van der Waals surface area (Å²) in [5, 5.41) is 7.56. The Labute approximate surface area is 148 Å². The summed E-state index contributed by atoms with van der Waals surface area (Å²) in [4.78, 5) is 35.0. The van der Waals surface area contributed by atoms with Gasteiger partial charge in [-0.1, -0.05) is 52.0 Å². The van der Waals surface area contributed by atoms with E-state index in [0.29, 0.717) is 5.92 Å². The zero-order valence-corrected chi connectivity index (χ0v) is 15.3. The predicted molar refractivity (Wildman–Crippen MR) is 95.9 cm³/mol. The first-order valence-electron chi connectivity index (χ1n) is 8.82. The number of nitrogens with one attached hydrogen (secondary N) is 3. The van der Waals surface area contributed by atoms with Crippen molar-refractivity contribution in [3.05, 3.63) is 35.4 Å². The molecular weight excluding hydrogens is 318 g/mol. The number of hydrogen-bond acceptors (Lipinski definition) is 3. The highest BCUT2D eigenvalue weighted by Gasteiger charge is 2.32. The molecule has 3 unspecified atom stereocenters. The number of carbonyl (C=O) groups excluding carboxylic acids is 3. The van der Waals surface area contributed by atoms with Crippen molar-refractivity contribution in [1.29, 1.82) is 0 Å². The van der Waals surface area contributed by atoms with Gasteiger partial charge < -0.3 is 10.6 Å². The number of carbonyl (C=O) groups is 3. The minimum atomic E-state index is -0.798. The molecule has 1 aliphatic rings. The Morgan fingerprint density at radius 1 is 1.12 bits per heavy atom. The van der Waals surface area contributed by atoms with E-state index < -0.39 is 18.0 Å². The topological polar surface area (TPSA) is 87.3 Å². The molecule has 0 bridgehead atoms. The molecule has 0 saturated carbocycles. The van der Waals surface area contributed by atoms with E-state index in [2.05, 4.69) is 54.1 Å². The van der Waals surface area contributed by atoms with Crippen molar-refractivity contribution in [2.45, 2.75) is 58.5 Å². The number of rotatable bonds is 7. The van der Waals surface area contributed by atoms with E-state index >= 15 is 0 Å². The van der Waals surface area contributed by atoms with Crippen LogP contribution in [0.5, 0.6) is 0 Å². The largest absolute Gasteiger partial charge is 0.349 e. The van der Waals surface area contributed by atoms with Crippen LogP contribution in [0.1, 0.15) is 63.6 Å². The Kier molecular flexibility index (Phi) is 6.17. The quantitative estimate of drug-likeness (QED) is 0.664. The number of urea groups is 1. The van der Waals surface area contributed by atoms with Crippen LogP contribution in [0, 0.1) is 5.92 Å². The van der Waals surface area contributed by atoms with Gasteiger partial charge in [-0.15, -0.1) is 0 Å². The monoisotopic (exact) mass is 345 g/mol. The lowest BCUT2D eigenvalue weighted by Gasteiger charge is -2.24. The van der Waals surface area contributed by atoms with Crippen LogP contribution in [0.3, 0.4) is 0 Å². The molecule has 0 spiro atoms. The van der Waals surface area contributed by atoms with Crippen molar-refractivity contribution >= 4 is 17.8 Å². The van der Waals surface area contributed by atoms with Gasteiger partial charge in [0.15, 0.2) is 0 Å². The molecule has 2 rings (SSSR count). The lowest BCUT2D eigenvalue weighted by atomic mass is 9.92. The van der Waals surface area contributed by atoms with Crippen LogP contribution in [-0.2, 0) is 9.59 Å². The lowest BCUT2D eigenvalue weighted by Crippen LogP contribution is -2.38. The minimum Gasteiger partial charge on any atom is -0.349 e. The first-order chi connectivity index (χ1) is 11.8. The van der Waals surface area contributed by atoms with E-state index in [9.17, 15) is 14.4 Å². The molecule has 1 heterocycles. The highest BCUT2D eigenvalue weighted by Crippen LogP contribution is 2.25. The zero-order valence-electron chi connectivity index (χ0n) is 15.3. The van der Waals surface area contributed by atoms with Gasteiger partial charge in [0.2, 0.25) is 5.91 Å². The molecule has 136 valence electrons. The van der Waals surface area contributed by atoms with E-state index in [1.807, 2.05) is 13.8 Å². The first kappa shape index (κ1) is 19.0. The van der Waals surface area contributed by atoms with E-state index in [4.69, 9.17) is 0 Å². The summed E-state index contributed by atoms with van der Waals surface area (Å²) in [7, 11) is 0. The normalized spacial score (nSPS) is 19.3. The van der Waals surface area contributed by atoms with Gasteiger partial charge in [-0.3, -0.25) is 14.9 Å². The summed E-state index contributed by atoms with van der Waals surface area (Å²) < 4.78 is 0. The van der Waals surface area contributed by atoms with E-state index in [1.165, 1.54) is 5.56 Å². The van der Waals surface area contributed by atoms with Gasteiger partial charge >= 0.3 is 6.03 Å². The van der Waals surface area contributed by atoms with Crippen LogP contribution in [-0.4, -0.2) is 23.9 Å². The molecule has 1 aromatic rings. The number of amides is 4. The first-order valence-corrected chi connectivity index (χ1v) is 8.82. The second kappa shape index (κ2) is 8.14. The third kappa shape index (κ3) is 4.81. The van der Waals surface area contributed by atoms with Crippen LogP contribution in [0.2, 0.25) is 0 Å². The molecule has 1 aromatic carbocycles. The fourth-order valence-corrected chi connectivity index (χ4v) is 2.92. The number of benzene rings is 1. The predicted octanol–water partition coefficient (Wildman–Crippen LogP) is 2.61. The molecule has 0 aliphatic carbocycles. The van der Waals surface area contributed by atoms with Gasteiger partial charge in [0.25, 0.3) is 5.91 Å². The second-order valence-corrected chi connectivity index (χ2v) is 6.98. The van der Waals surface area contributed by atoms with Crippen molar-refractivity contribution in [2.75, 3.05) is 0 Å². The Hall–Kier alpha value is -2.37. The Morgan fingerprint density at radius 3 is 2.20 bits per heavy atom. The van der Waals surface area contributed by atoms with Crippen LogP contribution >= 0.6 is 0 Å². The molecule has 6 nitrogen and oxygen atoms in total. The van der Waals surface area contributed by atoms with Crippen LogP contribution < -0.4 is 16.0 Å². The maximum absolute atomic E-state index is 12.3. The molecule has 3 N–H and O–H groups in total. The summed E-state index contributed by atoms with van der Waals surface area (Å²) in [5.74, 6) is -0.0118. The fraction of sp³-hybridized carbons (Fsp3) is 0.526. The van der Waals surface area contributed by atoms with E-state index in [1.54, 1.807) is 0 Å². The summed E-state index contributed by atoms with van der Waals surface area (Å²) in [6.45, 7) is 8.43. The van der Waals surface area contributed by atoms with Crippen molar-refractivity contribution in [3.8, 4) is 0 Å². The van der Waals surface area contributed by atoms with Gasteiger partial charge in [0, 0.05) is 0 Å². The molecular formula is C19H27N3O3. The van der Waals surface area contributed by atoms with Crippen LogP contribution in [0.25, 0.3) is 0 Å². The minimum absolute atomic E-state index is 0.0637. The maximum atomic E-state index is 12.3. The summed E-state index contributed by atoms with van der Waals surface area (Å²) in [6.07, 6.45) is 1.02. The smallest absolute Gasteiger partial charge is 0.322 e. The molecule has 1 saturated heterocycles. The van der Waals surface area contributed by atoms with Crippen molar-refractivity contribution in [3.63, 3.8) is 0 Å². The fourth-order valence-electron chi connectivity index (χ4n) is 2.92. The van der Waals surface area contributed by atoms with Gasteiger partial charge in [-0.25, -0.2) is 4.79 Å². The standard InChI is InChI=1S/C19H27N3O3/c1-5-12(4)13-6-8-14(9-7-13)17(11(2)3)21-16(23)10-15-18(24)22-19(25)20-15/h6-9,11-12,15,17H,5,10H2,1-4H3,(H,21,23)(H2,20,22,24,25). The molecule has 25 heavy (non-hydrogen) atoms. The van der Waals surface area contributed by atoms with Crippen LogP contribution in [0.4, 0.5) is 4.79 Å². The second-order valence-electron chi connectivity index (χ2n) is 6.98. The molecule has 1 aliphatic heterocycles. The Morgan fingerprint density at radius 2 is 1.72 bits per heavy atom. The average molecular weight is 345 g/mol. The number of hydrogen-bond donors (Lipinski definition) is 3. The van der Waals surface area contributed by atoms with Gasteiger partial charge in [-0.2, -0.15) is 0 Å². The summed E-state index contributed by atoms with van der Waals surface area (Å²) in [5.41, 5.74) is 2.32. The Balaban J connectivity index is 2.04. The Bertz CT molecular complexity index is 640. The van der Waals surface area contributed by atoms with Gasteiger partial charge in [-0.05, 0) is 29.4 Å². The SMILES string of the molecule is CCC(C)c1ccc(C(NC(=O)CC2NC(=O)NC2=O)C(C)C)cc1. The lowest BCUT2D eigenvalue weighted by molar-refractivity contribution is -0.127. The average Bonchev–Trinajstić information content (AvgIpc) is 2.89. The number of imide groups is 1. The maximum Gasteiger partial charge on any atom is 0.322 e. The van der Waals surface area contributed by atoms with Gasteiger partial charge in [0.1, 0.15) is 6.04 Å². The molecule has 6 heteroatoms. The molecule has 4 amide bonds. The molecule has 3 atom stereocenters.